The van der Waals surface area contributed by atoms with Crippen LogP contribution in [0.4, 0.5) is 10.1 Å². The highest BCUT2D eigenvalue weighted by molar-refractivity contribution is 6.30. The van der Waals surface area contributed by atoms with Gasteiger partial charge in [0.1, 0.15) is 24.8 Å². The Morgan fingerprint density at radius 3 is 2.61 bits per heavy atom. The number of anilines is 1. The van der Waals surface area contributed by atoms with Crippen LogP contribution < -0.4 is 14.4 Å². The number of carbonyl (C=O) groups is 1. The van der Waals surface area contributed by atoms with E-state index in [-0.39, 0.29) is 19.1 Å². The highest BCUT2D eigenvalue weighted by Crippen LogP contribution is 2.29. The molecule has 1 aromatic heterocycles. The summed E-state index contributed by atoms with van der Waals surface area (Å²) in [7, 11) is 1.56. The molecule has 2 aromatic carbocycles. The molecule has 3 aromatic rings. The van der Waals surface area contributed by atoms with Gasteiger partial charge in [-0.15, -0.1) is 0 Å². The molecule has 0 aliphatic heterocycles. The van der Waals surface area contributed by atoms with E-state index >= 15 is 0 Å². The Labute approximate surface area is 186 Å². The number of hydrogen-bond acceptors (Lipinski definition) is 4. The van der Waals surface area contributed by atoms with Crippen molar-refractivity contribution < 1.29 is 18.7 Å². The molecule has 0 bridgehead atoms. The summed E-state index contributed by atoms with van der Waals surface area (Å²) < 4.78 is 23.5. The summed E-state index contributed by atoms with van der Waals surface area (Å²) in [6, 6.07) is 16.4. The van der Waals surface area contributed by atoms with Crippen LogP contribution in [0.3, 0.4) is 0 Å². The monoisotopic (exact) mass is 442 g/mol. The predicted molar refractivity (Wildman–Crippen MR) is 120 cm³/mol. The Morgan fingerprint density at radius 1 is 1.16 bits per heavy atom. The molecule has 0 saturated heterocycles. The van der Waals surface area contributed by atoms with E-state index in [9.17, 15) is 9.18 Å². The van der Waals surface area contributed by atoms with Crippen LogP contribution in [-0.4, -0.2) is 31.3 Å². The zero-order valence-electron chi connectivity index (χ0n) is 17.5. The van der Waals surface area contributed by atoms with E-state index < -0.39 is 6.67 Å². The molecule has 0 aliphatic rings. The molecule has 0 unspecified atom stereocenters. The maximum absolute atomic E-state index is 12.7. The van der Waals surface area contributed by atoms with Crippen LogP contribution >= 0.6 is 11.6 Å². The largest absolute Gasteiger partial charge is 0.497 e. The van der Waals surface area contributed by atoms with Gasteiger partial charge in [-0.05, 0) is 48.0 Å². The molecule has 1 heterocycles. The van der Waals surface area contributed by atoms with E-state index in [0.717, 1.165) is 11.3 Å². The number of hydrogen-bond donors (Lipinski definition) is 0. The summed E-state index contributed by atoms with van der Waals surface area (Å²) in [4.78, 5) is 18.8. The fourth-order valence-electron chi connectivity index (χ4n) is 3.24. The van der Waals surface area contributed by atoms with Crippen LogP contribution in [0, 0.1) is 0 Å². The lowest BCUT2D eigenvalue weighted by atomic mass is 10.1. The van der Waals surface area contributed by atoms with Gasteiger partial charge in [-0.3, -0.25) is 9.78 Å². The highest BCUT2D eigenvalue weighted by Gasteiger charge is 2.19. The van der Waals surface area contributed by atoms with Crippen molar-refractivity contribution in [1.82, 2.24) is 4.98 Å². The number of nitrogens with zero attached hydrogens (tertiary/aromatic N) is 2. The van der Waals surface area contributed by atoms with Gasteiger partial charge in [-0.25, -0.2) is 4.39 Å². The van der Waals surface area contributed by atoms with E-state index in [2.05, 4.69) is 4.98 Å². The quantitative estimate of drug-likeness (QED) is 0.455. The van der Waals surface area contributed by atoms with Crippen LogP contribution in [0.5, 0.6) is 11.5 Å². The molecular weight excluding hydrogens is 419 g/mol. The van der Waals surface area contributed by atoms with E-state index in [1.807, 2.05) is 30.3 Å². The Morgan fingerprint density at radius 2 is 1.94 bits per heavy atom. The van der Waals surface area contributed by atoms with Gasteiger partial charge in [0, 0.05) is 30.1 Å². The molecule has 0 radical (unpaired) electrons. The van der Waals surface area contributed by atoms with E-state index in [1.165, 1.54) is 6.92 Å². The zero-order valence-corrected chi connectivity index (χ0v) is 18.2. The first-order valence-electron chi connectivity index (χ1n) is 9.84. The Bertz CT molecular complexity index is 1030. The van der Waals surface area contributed by atoms with E-state index in [1.54, 1.807) is 42.5 Å². The van der Waals surface area contributed by atoms with Gasteiger partial charge < -0.3 is 14.4 Å². The number of ether oxygens (including phenoxy) is 2. The normalized spacial score (nSPS) is 10.6. The molecule has 31 heavy (non-hydrogen) atoms. The molecule has 0 N–H and O–H groups in total. The van der Waals surface area contributed by atoms with Gasteiger partial charge in [0.2, 0.25) is 5.91 Å². The molecule has 0 aliphatic carbocycles. The molecule has 162 valence electrons. The maximum atomic E-state index is 12.7. The summed E-state index contributed by atoms with van der Waals surface area (Å²) in [5.41, 5.74) is 3.20. The Hall–Kier alpha value is -3.12. The lowest BCUT2D eigenvalue weighted by Crippen LogP contribution is -2.29. The van der Waals surface area contributed by atoms with Gasteiger partial charge in [-0.2, -0.15) is 0 Å². The third-order valence-corrected chi connectivity index (χ3v) is 5.00. The first-order valence-corrected chi connectivity index (χ1v) is 10.2. The molecule has 7 heteroatoms. The molecule has 1 amide bonds. The molecule has 0 spiro atoms. The molecular formula is C24H24ClFN2O3. The van der Waals surface area contributed by atoms with Crippen molar-refractivity contribution in [2.45, 2.75) is 19.9 Å². The minimum absolute atomic E-state index is 0.0614. The van der Waals surface area contributed by atoms with Gasteiger partial charge in [0.05, 0.1) is 25.0 Å². The number of carbonyl (C=O) groups excluding carboxylic acids is 1. The highest BCUT2D eigenvalue weighted by atomic mass is 35.5. The average Bonchev–Trinajstić information content (AvgIpc) is 2.78. The van der Waals surface area contributed by atoms with Crippen LogP contribution in [-0.2, 0) is 17.8 Å². The minimum Gasteiger partial charge on any atom is -0.497 e. The van der Waals surface area contributed by atoms with Crippen molar-refractivity contribution in [1.29, 1.82) is 0 Å². The predicted octanol–water partition coefficient (Wildman–Crippen LogP) is 5.24. The molecule has 0 atom stereocenters. The number of pyridine rings is 1. The molecule has 3 rings (SSSR count). The van der Waals surface area contributed by atoms with Crippen molar-refractivity contribution in [2.75, 3.05) is 25.3 Å². The molecule has 0 fully saturated rings. The van der Waals surface area contributed by atoms with Crippen LogP contribution in [0.25, 0.3) is 0 Å². The third-order valence-electron chi connectivity index (χ3n) is 4.75. The average molecular weight is 443 g/mol. The smallest absolute Gasteiger partial charge is 0.224 e. The van der Waals surface area contributed by atoms with E-state index in [4.69, 9.17) is 21.1 Å². The maximum Gasteiger partial charge on any atom is 0.224 e. The van der Waals surface area contributed by atoms with Gasteiger partial charge >= 0.3 is 0 Å². The van der Waals surface area contributed by atoms with Crippen molar-refractivity contribution in [3.05, 3.63) is 82.6 Å². The van der Waals surface area contributed by atoms with Crippen LogP contribution in [0.1, 0.15) is 23.7 Å². The number of rotatable bonds is 9. The van der Waals surface area contributed by atoms with Crippen LogP contribution in [0.2, 0.25) is 5.02 Å². The molecule has 5 nitrogen and oxygen atoms in total. The zero-order chi connectivity index (χ0) is 22.2. The summed E-state index contributed by atoms with van der Waals surface area (Å²) in [5.74, 6) is 0.983. The lowest BCUT2D eigenvalue weighted by Gasteiger charge is -2.25. The number of alkyl halides is 1. The van der Waals surface area contributed by atoms with E-state index in [0.29, 0.717) is 34.2 Å². The number of aromatic nitrogens is 1. The third kappa shape index (κ3) is 5.95. The van der Waals surface area contributed by atoms with Gasteiger partial charge in [0.25, 0.3) is 0 Å². The number of methoxy groups -OCH3 is 1. The summed E-state index contributed by atoms with van der Waals surface area (Å²) in [6.45, 7) is 1.07. The van der Waals surface area contributed by atoms with Crippen molar-refractivity contribution in [3.8, 4) is 11.5 Å². The summed E-state index contributed by atoms with van der Waals surface area (Å²) in [6.07, 6.45) is 2.24. The first-order chi connectivity index (χ1) is 15.0. The van der Waals surface area contributed by atoms with Crippen molar-refractivity contribution in [3.63, 3.8) is 0 Å². The number of halogens is 2. The fraction of sp³-hybridized carbons (Fsp3) is 0.250. The summed E-state index contributed by atoms with van der Waals surface area (Å²) in [5, 5.41) is 0.661. The fourth-order valence-corrected chi connectivity index (χ4v) is 3.37. The topological polar surface area (TPSA) is 51.7 Å². The van der Waals surface area contributed by atoms with Gasteiger partial charge in [-0.1, -0.05) is 23.7 Å². The Balaban J connectivity index is 1.95. The second kappa shape index (κ2) is 10.8. The molecule has 0 saturated carbocycles. The SMILES string of the molecule is COc1ccc(OCCF)c(CN(C(C)=O)c2cccnc2Cc2ccc(Cl)cc2)c1. The standard InChI is InChI=1S/C24H24ClFN2O3/c1-17(29)28(16-19-15-21(30-2)9-10-24(19)31-13-11-26)23-4-3-12-27-22(23)14-18-5-7-20(25)8-6-18/h3-10,12,15H,11,13-14,16H2,1-2H3. The number of amides is 1. The second-order valence-electron chi connectivity index (χ2n) is 6.89. The van der Waals surface area contributed by atoms with Crippen LogP contribution in [0.15, 0.2) is 60.8 Å². The second-order valence-corrected chi connectivity index (χ2v) is 7.33. The Kier molecular flexibility index (Phi) is 7.84. The van der Waals surface area contributed by atoms with Crippen molar-refractivity contribution in [2.24, 2.45) is 0 Å². The summed E-state index contributed by atoms with van der Waals surface area (Å²) >= 11 is 5.99. The number of benzene rings is 2. The van der Waals surface area contributed by atoms with Gasteiger partial charge in [0.15, 0.2) is 0 Å². The van der Waals surface area contributed by atoms with Crippen molar-refractivity contribution >= 4 is 23.2 Å². The first kappa shape index (κ1) is 22.6. The lowest BCUT2D eigenvalue weighted by molar-refractivity contribution is -0.116. The minimum atomic E-state index is -0.601.